The Morgan fingerprint density at radius 2 is 1.74 bits per heavy atom. The number of aliphatic hydroxyl groups is 3. The van der Waals surface area contributed by atoms with Crippen LogP contribution in [0.4, 0.5) is 0 Å². The fourth-order valence-electron chi connectivity index (χ4n) is 8.47. The Kier molecular flexibility index (Phi) is 7.29. The summed E-state index contributed by atoms with van der Waals surface area (Å²) < 4.78 is 8.69. The van der Waals surface area contributed by atoms with Crippen LogP contribution in [-0.2, 0) is 21.4 Å². The molecule has 2 aromatic carbocycles. The van der Waals surface area contributed by atoms with Crippen molar-refractivity contribution in [1.29, 1.82) is 0 Å². The van der Waals surface area contributed by atoms with Crippen LogP contribution in [0.3, 0.4) is 0 Å². The number of aromatic nitrogens is 2. The number of carbonyl (C=O) groups is 2. The third kappa shape index (κ3) is 4.42. The molecule has 2 aliphatic heterocycles. The molecule has 3 aromatic rings. The number of ether oxygens (including phenoxy) is 1. The van der Waals surface area contributed by atoms with Crippen molar-refractivity contribution in [2.45, 2.75) is 79.9 Å². The number of hydrogen-bond donors (Lipinski definition) is 7. The van der Waals surface area contributed by atoms with Gasteiger partial charge in [-0.15, -0.1) is 0 Å². The zero-order chi connectivity index (χ0) is 32.7. The van der Waals surface area contributed by atoms with Crippen molar-refractivity contribution < 1.29 is 45.0 Å². The van der Waals surface area contributed by atoms with Gasteiger partial charge >= 0.3 is 11.9 Å². The predicted octanol–water partition coefficient (Wildman–Crippen LogP) is 1.45. The molecule has 13 nitrogen and oxygen atoms in total. The Hall–Kier alpha value is -3.82. The van der Waals surface area contributed by atoms with Crippen molar-refractivity contribution >= 4 is 35.1 Å². The molecule has 1 aromatic heterocycles. The van der Waals surface area contributed by atoms with Crippen LogP contribution in [0.2, 0.25) is 0 Å². The molecule has 244 valence electrons. The van der Waals surface area contributed by atoms with Crippen molar-refractivity contribution in [1.82, 2.24) is 14.5 Å². The minimum atomic E-state index is -2.27. The van der Waals surface area contributed by atoms with Gasteiger partial charge in [-0.3, -0.25) is 14.3 Å². The van der Waals surface area contributed by atoms with Gasteiger partial charge in [-0.05, 0) is 87.0 Å². The molecule has 0 amide bonds. The van der Waals surface area contributed by atoms with Crippen molar-refractivity contribution in [3.63, 3.8) is 0 Å². The summed E-state index contributed by atoms with van der Waals surface area (Å²) in [6.45, 7) is 1.91. The number of carboxylic acids is 2. The molecule has 1 spiro atoms. The molecule has 5 aliphatic rings. The number of nitrogens with zero attached hydrogens (tertiary/aromatic N) is 2. The monoisotopic (exact) mass is 653 g/mol. The van der Waals surface area contributed by atoms with Crippen LogP contribution >= 0.6 is 12.2 Å². The highest BCUT2D eigenvalue weighted by molar-refractivity contribution is 7.71. The highest BCUT2D eigenvalue weighted by Crippen LogP contribution is 2.67. The minimum Gasteiger partial charge on any atom is -0.504 e. The van der Waals surface area contributed by atoms with Crippen LogP contribution < -0.4 is 10.3 Å². The summed E-state index contributed by atoms with van der Waals surface area (Å²) in [5, 5.41) is 56.6. The summed E-state index contributed by atoms with van der Waals surface area (Å²) in [6, 6.07) is 10.8. The molecular formula is C32H35N3O10S. The van der Waals surface area contributed by atoms with Crippen LogP contribution in [0, 0.1) is 10.7 Å². The van der Waals surface area contributed by atoms with E-state index in [1.807, 2.05) is 30.3 Å². The van der Waals surface area contributed by atoms with Gasteiger partial charge in [0.15, 0.2) is 28.5 Å². The summed E-state index contributed by atoms with van der Waals surface area (Å²) in [6.07, 6.45) is 0.160. The van der Waals surface area contributed by atoms with Crippen LogP contribution in [0.1, 0.15) is 49.3 Å². The zero-order valence-electron chi connectivity index (χ0n) is 24.7. The number of hydrogen-bond acceptors (Lipinski definition) is 10. The molecule has 2 saturated carbocycles. The lowest BCUT2D eigenvalue weighted by molar-refractivity contribution is -0.196. The van der Waals surface area contributed by atoms with E-state index in [0.717, 1.165) is 48.5 Å². The lowest BCUT2D eigenvalue weighted by atomic mass is 9.48. The number of para-hydroxylation sites is 1. The molecule has 7 N–H and O–H groups in total. The topological polar surface area (TPSA) is 206 Å². The summed E-state index contributed by atoms with van der Waals surface area (Å²) in [5.41, 5.74) is 1.02. The van der Waals surface area contributed by atoms with Gasteiger partial charge in [-0.25, -0.2) is 9.59 Å². The quantitative estimate of drug-likeness (QED) is 0.189. The Balaban J connectivity index is 0.000000296. The second-order valence-corrected chi connectivity index (χ2v) is 13.5. The van der Waals surface area contributed by atoms with E-state index in [0.29, 0.717) is 28.7 Å². The Morgan fingerprint density at radius 3 is 2.41 bits per heavy atom. The molecule has 2 bridgehead atoms. The maximum absolute atomic E-state index is 13.8. The average Bonchev–Trinajstić information content (AvgIpc) is 3.77. The van der Waals surface area contributed by atoms with Gasteiger partial charge in [0.05, 0.1) is 28.0 Å². The molecule has 3 unspecified atom stereocenters. The smallest absolute Gasteiger partial charge is 0.335 e. The number of carboxylic acid groups (broad SMARTS) is 2. The number of fused-ring (bicyclic) bond motifs is 1. The number of rotatable bonds is 6. The van der Waals surface area contributed by atoms with Gasteiger partial charge in [-0.1, -0.05) is 18.2 Å². The molecular weight excluding hydrogens is 618 g/mol. The largest absolute Gasteiger partial charge is 0.504 e. The van der Waals surface area contributed by atoms with Crippen molar-refractivity contribution in [2.24, 2.45) is 5.92 Å². The number of piperidine rings is 1. The van der Waals surface area contributed by atoms with E-state index in [4.69, 9.17) is 37.4 Å². The van der Waals surface area contributed by atoms with Crippen LogP contribution in [0.15, 0.2) is 41.2 Å². The van der Waals surface area contributed by atoms with Crippen molar-refractivity contribution in [2.75, 3.05) is 13.1 Å². The van der Waals surface area contributed by atoms with E-state index < -0.39 is 41.3 Å². The van der Waals surface area contributed by atoms with E-state index >= 15 is 0 Å². The van der Waals surface area contributed by atoms with Gasteiger partial charge in [0.2, 0.25) is 0 Å². The number of aromatic hydroxyl groups is 1. The maximum Gasteiger partial charge on any atom is 0.335 e. The first-order chi connectivity index (χ1) is 21.9. The number of benzene rings is 2. The van der Waals surface area contributed by atoms with Crippen molar-refractivity contribution in [3.05, 3.63) is 62.6 Å². The third-order valence-corrected chi connectivity index (χ3v) is 11.0. The van der Waals surface area contributed by atoms with E-state index in [9.17, 15) is 24.6 Å². The second kappa shape index (κ2) is 10.9. The highest BCUT2D eigenvalue weighted by Gasteiger charge is 2.73. The first kappa shape index (κ1) is 30.8. The Morgan fingerprint density at radius 1 is 1.04 bits per heavy atom. The molecule has 3 aliphatic carbocycles. The molecule has 0 radical (unpaired) electrons. The van der Waals surface area contributed by atoms with E-state index in [1.165, 1.54) is 12.8 Å². The lowest BCUT2D eigenvalue weighted by Gasteiger charge is -2.64. The number of aliphatic hydroxyl groups excluding tert-OH is 2. The van der Waals surface area contributed by atoms with Crippen LogP contribution in [0.25, 0.3) is 10.9 Å². The second-order valence-electron chi connectivity index (χ2n) is 13.1. The molecule has 7 atom stereocenters. The molecule has 1 saturated heterocycles. The predicted molar refractivity (Wildman–Crippen MR) is 165 cm³/mol. The van der Waals surface area contributed by atoms with E-state index in [1.54, 1.807) is 10.6 Å². The number of phenols is 1. The standard InChI is InChI=1S/C28H29N3O4S.C4H6O6/c32-20-8-7-16-13-21-28(34)10-9-19(31-25(33)17-3-1-2-4-18(17)29-26(31)36)24-27(28,22(16)23(20)35-24)11-12-30(21)14-15-5-6-15;5-1(3(7)8)2(6)4(9)10/h1-4,7-8,15,19,21,24,32,34H,5-6,9-14H2,(H,29,36);1-2,5-6H,(H,7,8)(H,9,10)/t19-,21-,24+,27+,28?;/m1./s1. The molecule has 46 heavy (non-hydrogen) atoms. The average molecular weight is 654 g/mol. The number of H-pyrrole nitrogens is 1. The van der Waals surface area contributed by atoms with Gasteiger partial charge < -0.3 is 40.4 Å². The summed E-state index contributed by atoms with van der Waals surface area (Å²) in [7, 11) is 0. The summed E-state index contributed by atoms with van der Waals surface area (Å²) >= 11 is 5.73. The zero-order valence-corrected chi connectivity index (χ0v) is 25.5. The maximum atomic E-state index is 13.8. The first-order valence-electron chi connectivity index (χ1n) is 15.4. The molecule has 3 heterocycles. The molecule has 3 fully saturated rings. The number of aromatic amines is 1. The van der Waals surface area contributed by atoms with E-state index in [-0.39, 0.29) is 23.4 Å². The lowest BCUT2D eigenvalue weighted by Crippen LogP contribution is -2.76. The van der Waals surface area contributed by atoms with Crippen LogP contribution in [-0.4, -0.2) is 100 Å². The SMILES string of the molecule is O=C(O)C(O)C(O)C(=O)O.O=c1c2ccccc2[nH]c(=S)n1[C@@H]1CCC2(O)[C@H]3Cc4ccc(O)c5c4[C@@]2(CCN3CC2CC2)[C@H]1O5. The van der Waals surface area contributed by atoms with Gasteiger partial charge in [0, 0.05) is 18.2 Å². The van der Waals surface area contributed by atoms with Crippen LogP contribution in [0.5, 0.6) is 11.5 Å². The fraction of sp³-hybridized carbons (Fsp3) is 0.500. The Labute approximate surface area is 267 Å². The third-order valence-electron chi connectivity index (χ3n) is 10.7. The first-order valence-corrected chi connectivity index (χ1v) is 15.8. The number of phenolic OH excluding ortho intramolecular Hbond substituents is 1. The Bertz CT molecular complexity index is 1850. The summed E-state index contributed by atoms with van der Waals surface area (Å²) in [5.74, 6) is -2.21. The molecule has 14 heteroatoms. The number of aliphatic carboxylic acids is 2. The minimum absolute atomic E-state index is 0.00440. The number of likely N-dealkylation sites (tertiary alicyclic amines) is 1. The highest BCUT2D eigenvalue weighted by atomic mass is 32.1. The van der Waals surface area contributed by atoms with Gasteiger partial charge in [-0.2, -0.15) is 0 Å². The molecule has 8 rings (SSSR count). The van der Waals surface area contributed by atoms with Crippen molar-refractivity contribution in [3.8, 4) is 11.5 Å². The number of nitrogens with one attached hydrogen (secondary N) is 1. The fourth-order valence-corrected chi connectivity index (χ4v) is 8.80. The summed E-state index contributed by atoms with van der Waals surface area (Å²) in [4.78, 5) is 39.1. The normalized spacial score (nSPS) is 30.4. The van der Waals surface area contributed by atoms with Gasteiger partial charge in [0.25, 0.3) is 5.56 Å². The van der Waals surface area contributed by atoms with E-state index in [2.05, 4.69) is 9.88 Å². The van der Waals surface area contributed by atoms with Gasteiger partial charge in [0.1, 0.15) is 6.10 Å².